The summed E-state index contributed by atoms with van der Waals surface area (Å²) in [6.07, 6.45) is -3.39. The normalized spacial score (nSPS) is 11.5. The van der Waals surface area contributed by atoms with Gasteiger partial charge < -0.3 is 15.0 Å². The highest BCUT2D eigenvalue weighted by Gasteiger charge is 2.31. The average molecular weight is 244 g/mol. The molecule has 0 saturated heterocycles. The molecule has 0 bridgehead atoms. The van der Waals surface area contributed by atoms with Gasteiger partial charge in [0.2, 0.25) is 0 Å². The first-order valence-corrected chi connectivity index (χ1v) is 4.52. The summed E-state index contributed by atoms with van der Waals surface area (Å²) in [6.45, 7) is 0. The van der Waals surface area contributed by atoms with Crippen LogP contribution < -0.4 is 10.5 Å². The Morgan fingerprint density at radius 1 is 1.18 bits per heavy atom. The molecule has 0 unspecified atom stereocenters. The number of alkyl halides is 3. The summed E-state index contributed by atoms with van der Waals surface area (Å²) < 4.78 is 44.3. The van der Waals surface area contributed by atoms with Crippen LogP contribution in [0.3, 0.4) is 0 Å². The molecule has 0 aliphatic heterocycles. The average Bonchev–Trinajstić information content (AvgIpc) is 2.63. The highest BCUT2D eigenvalue weighted by Crippen LogP contribution is 2.29. The van der Waals surface area contributed by atoms with Crippen molar-refractivity contribution >= 4 is 5.69 Å². The second-order valence-corrected chi connectivity index (χ2v) is 3.18. The van der Waals surface area contributed by atoms with Gasteiger partial charge in [0.05, 0.1) is 6.20 Å². The van der Waals surface area contributed by atoms with Crippen LogP contribution in [0.5, 0.6) is 5.75 Å². The van der Waals surface area contributed by atoms with E-state index in [0.29, 0.717) is 17.0 Å². The number of nitrogen functional groups attached to an aromatic ring is 1. The van der Waals surface area contributed by atoms with Crippen LogP contribution in [0.1, 0.15) is 0 Å². The number of nitrogens with zero attached hydrogens (tertiary/aromatic N) is 1. The van der Waals surface area contributed by atoms with Crippen molar-refractivity contribution in [2.75, 3.05) is 5.73 Å². The molecule has 0 fully saturated rings. The summed E-state index contributed by atoms with van der Waals surface area (Å²) in [5, 5.41) is 3.47. The predicted molar refractivity (Wildman–Crippen MR) is 53.0 cm³/mol. The minimum absolute atomic E-state index is 0.306. The Balaban J connectivity index is 2.22. The molecule has 0 saturated carbocycles. The number of benzene rings is 1. The highest BCUT2D eigenvalue weighted by atomic mass is 19.4. The zero-order valence-corrected chi connectivity index (χ0v) is 8.36. The summed E-state index contributed by atoms with van der Waals surface area (Å²) in [6, 6.07) is 5.14. The number of aromatic nitrogens is 1. The van der Waals surface area contributed by atoms with E-state index in [1.54, 1.807) is 0 Å². The minimum Gasteiger partial charge on any atom is -0.406 e. The lowest BCUT2D eigenvalue weighted by atomic mass is 10.1. The maximum Gasteiger partial charge on any atom is 0.573 e. The van der Waals surface area contributed by atoms with Gasteiger partial charge in [-0.25, -0.2) is 0 Å². The Hall–Kier alpha value is -2.18. The Kier molecular flexibility index (Phi) is 2.66. The van der Waals surface area contributed by atoms with E-state index in [2.05, 4.69) is 9.89 Å². The predicted octanol–water partition coefficient (Wildman–Crippen LogP) is 2.82. The van der Waals surface area contributed by atoms with E-state index >= 15 is 0 Å². The smallest absolute Gasteiger partial charge is 0.406 e. The van der Waals surface area contributed by atoms with Gasteiger partial charge in [-0.1, -0.05) is 5.16 Å². The zero-order chi connectivity index (χ0) is 12.5. The molecule has 2 N–H and O–H groups in total. The summed E-state index contributed by atoms with van der Waals surface area (Å²) in [7, 11) is 0. The first kappa shape index (κ1) is 11.3. The molecule has 0 radical (unpaired) electrons. The lowest BCUT2D eigenvalue weighted by Gasteiger charge is -2.08. The van der Waals surface area contributed by atoms with E-state index < -0.39 is 6.36 Å². The standard InChI is InChI=1S/C10H7F3N2O2/c11-10(12,13)16-7-3-1-6(2-4-7)9-8(14)5-15-17-9/h1-5H,14H2. The molecule has 17 heavy (non-hydrogen) atoms. The molecule has 90 valence electrons. The molecular weight excluding hydrogens is 237 g/mol. The largest absolute Gasteiger partial charge is 0.573 e. The lowest BCUT2D eigenvalue weighted by molar-refractivity contribution is -0.274. The number of rotatable bonds is 2. The fourth-order valence-electron chi connectivity index (χ4n) is 1.27. The topological polar surface area (TPSA) is 61.3 Å². The van der Waals surface area contributed by atoms with Gasteiger partial charge in [0.1, 0.15) is 11.4 Å². The summed E-state index contributed by atoms with van der Waals surface area (Å²) >= 11 is 0. The van der Waals surface area contributed by atoms with Crippen molar-refractivity contribution in [2.24, 2.45) is 0 Å². The second-order valence-electron chi connectivity index (χ2n) is 3.18. The highest BCUT2D eigenvalue weighted by molar-refractivity contribution is 5.70. The van der Waals surface area contributed by atoms with E-state index in [1.165, 1.54) is 30.5 Å². The Morgan fingerprint density at radius 3 is 2.29 bits per heavy atom. The molecular formula is C10H7F3N2O2. The maximum absolute atomic E-state index is 11.9. The van der Waals surface area contributed by atoms with Crippen molar-refractivity contribution in [3.05, 3.63) is 30.5 Å². The van der Waals surface area contributed by atoms with Crippen LogP contribution in [0.4, 0.5) is 18.9 Å². The molecule has 0 amide bonds. The van der Waals surface area contributed by atoms with Gasteiger partial charge in [-0.3, -0.25) is 0 Å². The molecule has 7 heteroatoms. The van der Waals surface area contributed by atoms with E-state index in [0.717, 1.165) is 0 Å². The number of hydrogen-bond acceptors (Lipinski definition) is 4. The first-order chi connectivity index (χ1) is 7.96. The van der Waals surface area contributed by atoms with Gasteiger partial charge in [-0.15, -0.1) is 13.2 Å². The van der Waals surface area contributed by atoms with Crippen LogP contribution in [0.2, 0.25) is 0 Å². The van der Waals surface area contributed by atoms with Crippen molar-refractivity contribution in [2.45, 2.75) is 6.36 Å². The molecule has 1 heterocycles. The van der Waals surface area contributed by atoms with Gasteiger partial charge in [0, 0.05) is 5.56 Å². The minimum atomic E-state index is -4.70. The fraction of sp³-hybridized carbons (Fsp3) is 0.100. The maximum atomic E-state index is 11.9. The van der Waals surface area contributed by atoms with Gasteiger partial charge in [-0.05, 0) is 24.3 Å². The Morgan fingerprint density at radius 2 is 1.82 bits per heavy atom. The van der Waals surface area contributed by atoms with Crippen molar-refractivity contribution in [3.63, 3.8) is 0 Å². The molecule has 0 aliphatic carbocycles. The molecule has 0 atom stereocenters. The van der Waals surface area contributed by atoms with Crippen LogP contribution >= 0.6 is 0 Å². The second kappa shape index (κ2) is 4.00. The number of anilines is 1. The van der Waals surface area contributed by atoms with E-state index in [-0.39, 0.29) is 5.75 Å². The summed E-state index contributed by atoms with van der Waals surface area (Å²) in [4.78, 5) is 0. The molecule has 2 aromatic rings. The molecule has 4 nitrogen and oxygen atoms in total. The molecule has 0 spiro atoms. The quantitative estimate of drug-likeness (QED) is 0.882. The molecule has 2 rings (SSSR count). The molecule has 0 aliphatic rings. The van der Waals surface area contributed by atoms with Crippen LogP contribution in [0, 0.1) is 0 Å². The lowest BCUT2D eigenvalue weighted by Crippen LogP contribution is -2.16. The molecule has 1 aromatic carbocycles. The van der Waals surface area contributed by atoms with Gasteiger partial charge in [0.15, 0.2) is 5.76 Å². The van der Waals surface area contributed by atoms with Crippen LogP contribution in [0.25, 0.3) is 11.3 Å². The van der Waals surface area contributed by atoms with Crippen LogP contribution in [0.15, 0.2) is 35.0 Å². The Labute approximate surface area is 93.8 Å². The van der Waals surface area contributed by atoms with E-state index in [9.17, 15) is 13.2 Å². The van der Waals surface area contributed by atoms with Crippen LogP contribution in [-0.4, -0.2) is 11.5 Å². The van der Waals surface area contributed by atoms with Crippen molar-refractivity contribution in [1.29, 1.82) is 0 Å². The Bertz CT molecular complexity index is 505. The van der Waals surface area contributed by atoms with Crippen molar-refractivity contribution in [1.82, 2.24) is 5.16 Å². The number of halogens is 3. The third-order valence-electron chi connectivity index (χ3n) is 1.95. The SMILES string of the molecule is Nc1cnoc1-c1ccc(OC(F)(F)F)cc1. The van der Waals surface area contributed by atoms with Crippen LogP contribution in [-0.2, 0) is 0 Å². The monoisotopic (exact) mass is 244 g/mol. The van der Waals surface area contributed by atoms with Gasteiger partial charge in [-0.2, -0.15) is 0 Å². The van der Waals surface area contributed by atoms with E-state index in [1.807, 2.05) is 0 Å². The third-order valence-corrected chi connectivity index (χ3v) is 1.95. The van der Waals surface area contributed by atoms with Crippen molar-refractivity contribution < 1.29 is 22.4 Å². The number of hydrogen-bond donors (Lipinski definition) is 1. The zero-order valence-electron chi connectivity index (χ0n) is 8.36. The van der Waals surface area contributed by atoms with Gasteiger partial charge >= 0.3 is 6.36 Å². The van der Waals surface area contributed by atoms with Crippen molar-refractivity contribution in [3.8, 4) is 17.1 Å². The van der Waals surface area contributed by atoms with E-state index in [4.69, 9.17) is 10.3 Å². The third kappa shape index (κ3) is 2.68. The number of ether oxygens (including phenoxy) is 1. The first-order valence-electron chi connectivity index (χ1n) is 4.52. The summed E-state index contributed by atoms with van der Waals surface area (Å²) in [5.74, 6) is 0.00268. The fourth-order valence-corrected chi connectivity index (χ4v) is 1.27. The molecule has 1 aromatic heterocycles. The van der Waals surface area contributed by atoms with Gasteiger partial charge in [0.25, 0.3) is 0 Å². The summed E-state index contributed by atoms with van der Waals surface area (Å²) in [5.41, 5.74) is 6.38. The number of nitrogens with two attached hydrogens (primary N) is 1.